The van der Waals surface area contributed by atoms with Gasteiger partial charge in [-0.2, -0.15) is 5.10 Å². The van der Waals surface area contributed by atoms with Crippen LogP contribution >= 0.6 is 0 Å². The van der Waals surface area contributed by atoms with Crippen LogP contribution in [0.5, 0.6) is 5.75 Å². The standard InChI is InChI=1S/C12H13N3O5S/c1-20-10-2-4-11(5-3-10)21(18,19)14-9-6-13-15(7-9)8-12(16)17/h2-7,14H,8H2,1H3,(H,16,17). The maximum Gasteiger partial charge on any atom is 0.325 e. The molecule has 0 aliphatic rings. The maximum absolute atomic E-state index is 12.1. The molecule has 0 bridgehead atoms. The minimum absolute atomic E-state index is 0.0642. The van der Waals surface area contributed by atoms with Gasteiger partial charge in [-0.15, -0.1) is 0 Å². The van der Waals surface area contributed by atoms with Crippen molar-refractivity contribution in [3.63, 3.8) is 0 Å². The maximum atomic E-state index is 12.1. The van der Waals surface area contributed by atoms with Crippen LogP contribution < -0.4 is 9.46 Å². The Labute approximate surface area is 121 Å². The minimum atomic E-state index is -3.76. The number of hydrogen-bond acceptors (Lipinski definition) is 5. The van der Waals surface area contributed by atoms with Crippen molar-refractivity contribution in [3.05, 3.63) is 36.7 Å². The summed E-state index contributed by atoms with van der Waals surface area (Å²) in [6, 6.07) is 5.87. The van der Waals surface area contributed by atoms with E-state index in [9.17, 15) is 13.2 Å². The number of methoxy groups -OCH3 is 1. The molecule has 0 atom stereocenters. The number of carbonyl (C=O) groups is 1. The Morgan fingerprint density at radius 1 is 1.38 bits per heavy atom. The number of nitrogens with zero attached hydrogens (tertiary/aromatic N) is 2. The zero-order valence-corrected chi connectivity index (χ0v) is 11.9. The van der Waals surface area contributed by atoms with E-state index in [2.05, 4.69) is 9.82 Å². The van der Waals surface area contributed by atoms with Crippen LogP contribution in [0.2, 0.25) is 0 Å². The highest BCUT2D eigenvalue weighted by Crippen LogP contribution is 2.18. The number of sulfonamides is 1. The van der Waals surface area contributed by atoms with E-state index in [1.807, 2.05) is 0 Å². The number of aliphatic carboxylic acids is 1. The lowest BCUT2D eigenvalue weighted by atomic mass is 10.3. The molecule has 0 aliphatic heterocycles. The predicted molar refractivity (Wildman–Crippen MR) is 73.7 cm³/mol. The van der Waals surface area contributed by atoms with Crippen LogP contribution in [0.1, 0.15) is 0 Å². The number of ether oxygens (including phenoxy) is 1. The third-order valence-corrected chi connectivity index (χ3v) is 3.95. The van der Waals surface area contributed by atoms with E-state index >= 15 is 0 Å². The van der Waals surface area contributed by atoms with Crippen molar-refractivity contribution in [2.75, 3.05) is 11.8 Å². The monoisotopic (exact) mass is 311 g/mol. The molecule has 1 aromatic carbocycles. The molecule has 0 spiro atoms. The summed E-state index contributed by atoms with van der Waals surface area (Å²) in [7, 11) is -2.28. The zero-order valence-electron chi connectivity index (χ0n) is 11.1. The number of anilines is 1. The average Bonchev–Trinajstić information content (AvgIpc) is 2.84. The second-order valence-corrected chi connectivity index (χ2v) is 5.78. The van der Waals surface area contributed by atoms with Crippen LogP contribution in [0.25, 0.3) is 0 Å². The lowest BCUT2D eigenvalue weighted by molar-refractivity contribution is -0.137. The zero-order chi connectivity index (χ0) is 15.5. The van der Waals surface area contributed by atoms with Crippen LogP contribution in [0.3, 0.4) is 0 Å². The number of benzene rings is 1. The number of carboxylic acids is 1. The fourth-order valence-electron chi connectivity index (χ4n) is 1.61. The molecule has 2 aromatic rings. The molecule has 8 nitrogen and oxygen atoms in total. The summed E-state index contributed by atoms with van der Waals surface area (Å²) in [6.07, 6.45) is 2.54. The Kier molecular flexibility index (Phi) is 4.13. The molecule has 21 heavy (non-hydrogen) atoms. The highest BCUT2D eigenvalue weighted by atomic mass is 32.2. The van der Waals surface area contributed by atoms with Crippen LogP contribution in [0.4, 0.5) is 5.69 Å². The van der Waals surface area contributed by atoms with Crippen molar-refractivity contribution < 1.29 is 23.1 Å². The quantitative estimate of drug-likeness (QED) is 0.815. The molecule has 0 aliphatic carbocycles. The van der Waals surface area contributed by atoms with Crippen molar-refractivity contribution in [1.29, 1.82) is 0 Å². The van der Waals surface area contributed by atoms with Gasteiger partial charge in [0.25, 0.3) is 10.0 Å². The van der Waals surface area contributed by atoms with E-state index in [0.29, 0.717) is 5.75 Å². The largest absolute Gasteiger partial charge is 0.497 e. The number of aromatic nitrogens is 2. The van der Waals surface area contributed by atoms with E-state index in [0.717, 1.165) is 4.68 Å². The first kappa shape index (κ1) is 14.9. The van der Waals surface area contributed by atoms with Crippen LogP contribution in [0.15, 0.2) is 41.6 Å². The van der Waals surface area contributed by atoms with Crippen molar-refractivity contribution in [2.45, 2.75) is 11.4 Å². The fourth-order valence-corrected chi connectivity index (χ4v) is 2.64. The van der Waals surface area contributed by atoms with Crippen LogP contribution in [0, 0.1) is 0 Å². The molecule has 0 unspecified atom stereocenters. The molecular formula is C12H13N3O5S. The third-order valence-electron chi connectivity index (χ3n) is 2.55. The SMILES string of the molecule is COc1ccc(S(=O)(=O)Nc2cnn(CC(=O)O)c2)cc1. The van der Waals surface area contributed by atoms with Gasteiger partial charge in [0.05, 0.1) is 23.9 Å². The lowest BCUT2D eigenvalue weighted by Gasteiger charge is -2.06. The van der Waals surface area contributed by atoms with E-state index in [4.69, 9.17) is 9.84 Å². The number of nitrogens with one attached hydrogen (secondary N) is 1. The Morgan fingerprint density at radius 3 is 2.62 bits per heavy atom. The Balaban J connectivity index is 2.16. The van der Waals surface area contributed by atoms with Gasteiger partial charge in [-0.25, -0.2) is 8.42 Å². The smallest absolute Gasteiger partial charge is 0.325 e. The summed E-state index contributed by atoms with van der Waals surface area (Å²) in [5, 5.41) is 12.4. The van der Waals surface area contributed by atoms with E-state index in [-0.39, 0.29) is 17.1 Å². The highest BCUT2D eigenvalue weighted by Gasteiger charge is 2.15. The molecule has 9 heteroatoms. The summed E-state index contributed by atoms with van der Waals surface area (Å²) in [5.74, 6) is -0.522. The summed E-state index contributed by atoms with van der Waals surface area (Å²) < 4.78 is 32.7. The minimum Gasteiger partial charge on any atom is -0.497 e. The van der Waals surface area contributed by atoms with E-state index in [1.165, 1.54) is 43.8 Å². The molecule has 0 fully saturated rings. The molecule has 2 N–H and O–H groups in total. The molecule has 1 heterocycles. The van der Waals surface area contributed by atoms with Crippen molar-refractivity contribution in [2.24, 2.45) is 0 Å². The second kappa shape index (κ2) is 5.83. The normalized spacial score (nSPS) is 11.1. The topological polar surface area (TPSA) is 111 Å². The number of hydrogen-bond donors (Lipinski definition) is 2. The van der Waals surface area contributed by atoms with Gasteiger partial charge in [0, 0.05) is 6.20 Å². The van der Waals surface area contributed by atoms with Crippen molar-refractivity contribution in [3.8, 4) is 5.75 Å². The van der Waals surface area contributed by atoms with E-state index in [1.54, 1.807) is 0 Å². The van der Waals surface area contributed by atoms with Crippen molar-refractivity contribution in [1.82, 2.24) is 9.78 Å². The average molecular weight is 311 g/mol. The molecule has 2 rings (SSSR count). The summed E-state index contributed by atoms with van der Waals surface area (Å²) in [4.78, 5) is 10.6. The van der Waals surface area contributed by atoms with Crippen molar-refractivity contribution >= 4 is 21.7 Å². The fraction of sp³-hybridized carbons (Fsp3) is 0.167. The first-order valence-electron chi connectivity index (χ1n) is 5.82. The van der Waals surface area contributed by atoms with Gasteiger partial charge in [-0.1, -0.05) is 0 Å². The van der Waals surface area contributed by atoms with Gasteiger partial charge in [0.15, 0.2) is 0 Å². The van der Waals surface area contributed by atoms with Gasteiger partial charge < -0.3 is 9.84 Å². The summed E-state index contributed by atoms with van der Waals surface area (Å²) in [5.41, 5.74) is 0.187. The molecule has 0 radical (unpaired) electrons. The van der Waals surface area contributed by atoms with Crippen LogP contribution in [-0.2, 0) is 21.4 Å². The number of carboxylic acid groups (broad SMARTS) is 1. The second-order valence-electron chi connectivity index (χ2n) is 4.10. The molecule has 1 aromatic heterocycles. The highest BCUT2D eigenvalue weighted by molar-refractivity contribution is 7.92. The first-order valence-corrected chi connectivity index (χ1v) is 7.30. The summed E-state index contributed by atoms with van der Waals surface area (Å²) >= 11 is 0. The van der Waals surface area contributed by atoms with Gasteiger partial charge >= 0.3 is 5.97 Å². The van der Waals surface area contributed by atoms with Crippen LogP contribution in [-0.4, -0.2) is 36.4 Å². The first-order chi connectivity index (χ1) is 9.90. The Hall–Kier alpha value is -2.55. The molecule has 0 saturated heterocycles. The lowest BCUT2D eigenvalue weighted by Crippen LogP contribution is -2.12. The number of rotatable bonds is 6. The molecule has 0 saturated carbocycles. The molecular weight excluding hydrogens is 298 g/mol. The van der Waals surface area contributed by atoms with E-state index < -0.39 is 16.0 Å². The third kappa shape index (κ3) is 3.72. The molecule has 0 amide bonds. The Bertz CT molecular complexity index is 737. The Morgan fingerprint density at radius 2 is 2.05 bits per heavy atom. The van der Waals surface area contributed by atoms with Gasteiger partial charge in [-0.05, 0) is 24.3 Å². The molecule has 112 valence electrons. The van der Waals surface area contributed by atoms with Gasteiger partial charge in [0.2, 0.25) is 0 Å². The van der Waals surface area contributed by atoms with Gasteiger partial charge in [0.1, 0.15) is 12.3 Å². The predicted octanol–water partition coefficient (Wildman–Crippen LogP) is 0.777. The summed E-state index contributed by atoms with van der Waals surface area (Å²) in [6.45, 7) is -0.343. The van der Waals surface area contributed by atoms with Gasteiger partial charge in [-0.3, -0.25) is 14.2 Å².